The van der Waals surface area contributed by atoms with Gasteiger partial charge in [0.1, 0.15) is 0 Å². The van der Waals surface area contributed by atoms with Crippen LogP contribution in [0.4, 0.5) is 13.2 Å². The first-order chi connectivity index (χ1) is 7.11. The zero-order valence-corrected chi connectivity index (χ0v) is 8.41. The molecule has 1 aliphatic rings. The quantitative estimate of drug-likeness (QED) is 0.710. The maximum Gasteiger partial charge on any atom is 0.194 e. The average molecular weight is 215 g/mol. The first-order valence-electron chi connectivity index (χ1n) is 4.96. The normalized spacial score (nSPS) is 20.9. The minimum atomic E-state index is -1.37. The van der Waals surface area contributed by atoms with Gasteiger partial charge in [-0.05, 0) is 43.0 Å². The SMILES string of the molecule is Cc1c(C2CCNC2)cc(F)c(F)c1F. The summed E-state index contributed by atoms with van der Waals surface area (Å²) in [5, 5.41) is 3.11. The Morgan fingerprint density at radius 1 is 1.27 bits per heavy atom. The molecule has 1 atom stereocenters. The van der Waals surface area contributed by atoms with Gasteiger partial charge in [0.15, 0.2) is 17.5 Å². The molecule has 0 bridgehead atoms. The summed E-state index contributed by atoms with van der Waals surface area (Å²) < 4.78 is 39.2. The van der Waals surface area contributed by atoms with Crippen LogP contribution in [0.2, 0.25) is 0 Å². The molecule has 1 nitrogen and oxygen atoms in total. The maximum atomic E-state index is 13.3. The van der Waals surface area contributed by atoms with Crippen molar-refractivity contribution < 1.29 is 13.2 Å². The Labute approximate surface area is 86.3 Å². The molecule has 0 spiro atoms. The monoisotopic (exact) mass is 215 g/mol. The van der Waals surface area contributed by atoms with Crippen LogP contribution in [-0.4, -0.2) is 13.1 Å². The second kappa shape index (κ2) is 3.85. The lowest BCUT2D eigenvalue weighted by atomic mass is 9.93. The first kappa shape index (κ1) is 10.5. The van der Waals surface area contributed by atoms with Crippen LogP contribution in [0, 0.1) is 24.4 Å². The second-order valence-corrected chi connectivity index (χ2v) is 3.89. The number of hydrogen-bond donors (Lipinski definition) is 1. The molecule has 4 heteroatoms. The minimum absolute atomic E-state index is 0.0922. The Morgan fingerprint density at radius 3 is 2.60 bits per heavy atom. The van der Waals surface area contributed by atoms with E-state index in [1.54, 1.807) is 0 Å². The van der Waals surface area contributed by atoms with E-state index in [1.807, 2.05) is 0 Å². The fourth-order valence-corrected chi connectivity index (χ4v) is 2.05. The zero-order valence-electron chi connectivity index (χ0n) is 8.41. The fraction of sp³-hybridized carbons (Fsp3) is 0.455. The molecule has 1 unspecified atom stereocenters. The molecular formula is C11H12F3N. The summed E-state index contributed by atoms with van der Waals surface area (Å²) in [6.07, 6.45) is 0.839. The van der Waals surface area contributed by atoms with Crippen LogP contribution < -0.4 is 5.32 Å². The first-order valence-corrected chi connectivity index (χ1v) is 4.96. The molecule has 0 radical (unpaired) electrons. The Kier molecular flexibility index (Phi) is 2.69. The third-order valence-electron chi connectivity index (χ3n) is 2.95. The number of hydrogen-bond acceptors (Lipinski definition) is 1. The van der Waals surface area contributed by atoms with Gasteiger partial charge in [-0.15, -0.1) is 0 Å². The number of nitrogens with one attached hydrogen (secondary N) is 1. The molecule has 0 saturated carbocycles. The van der Waals surface area contributed by atoms with Crippen molar-refractivity contribution in [2.75, 3.05) is 13.1 Å². The Morgan fingerprint density at radius 2 is 2.00 bits per heavy atom. The third-order valence-corrected chi connectivity index (χ3v) is 2.95. The minimum Gasteiger partial charge on any atom is -0.316 e. The Balaban J connectivity index is 2.47. The van der Waals surface area contributed by atoms with E-state index in [0.29, 0.717) is 12.1 Å². The van der Waals surface area contributed by atoms with Gasteiger partial charge in [0, 0.05) is 6.54 Å². The fourth-order valence-electron chi connectivity index (χ4n) is 2.05. The van der Waals surface area contributed by atoms with Gasteiger partial charge in [0.05, 0.1) is 0 Å². The molecule has 1 aromatic carbocycles. The van der Waals surface area contributed by atoms with Crippen molar-refractivity contribution in [1.82, 2.24) is 5.32 Å². The zero-order chi connectivity index (χ0) is 11.0. The number of rotatable bonds is 1. The Bertz CT molecular complexity index is 384. The van der Waals surface area contributed by atoms with E-state index in [4.69, 9.17) is 0 Å². The van der Waals surface area contributed by atoms with Gasteiger partial charge in [-0.3, -0.25) is 0 Å². The molecule has 1 saturated heterocycles. The second-order valence-electron chi connectivity index (χ2n) is 3.89. The van der Waals surface area contributed by atoms with Gasteiger partial charge in [0.25, 0.3) is 0 Å². The van der Waals surface area contributed by atoms with E-state index >= 15 is 0 Å². The lowest BCUT2D eigenvalue weighted by Gasteiger charge is -2.13. The van der Waals surface area contributed by atoms with E-state index < -0.39 is 17.5 Å². The van der Waals surface area contributed by atoms with Crippen molar-refractivity contribution in [1.29, 1.82) is 0 Å². The highest BCUT2D eigenvalue weighted by Crippen LogP contribution is 2.29. The smallest absolute Gasteiger partial charge is 0.194 e. The summed E-state index contributed by atoms with van der Waals surface area (Å²) in [5.41, 5.74) is 0.805. The largest absolute Gasteiger partial charge is 0.316 e. The van der Waals surface area contributed by atoms with Crippen molar-refractivity contribution in [3.8, 4) is 0 Å². The van der Waals surface area contributed by atoms with E-state index in [2.05, 4.69) is 5.32 Å². The topological polar surface area (TPSA) is 12.0 Å². The molecule has 1 fully saturated rings. The molecular weight excluding hydrogens is 203 g/mol. The molecule has 15 heavy (non-hydrogen) atoms. The van der Waals surface area contributed by atoms with Gasteiger partial charge in [-0.1, -0.05) is 0 Å². The van der Waals surface area contributed by atoms with Crippen molar-refractivity contribution >= 4 is 0 Å². The summed E-state index contributed by atoms with van der Waals surface area (Å²) in [5.74, 6) is -3.44. The lowest BCUT2D eigenvalue weighted by molar-refractivity contribution is 0.439. The van der Waals surface area contributed by atoms with Crippen LogP contribution in [0.15, 0.2) is 6.07 Å². The number of benzene rings is 1. The maximum absolute atomic E-state index is 13.3. The standard InChI is InChI=1S/C11H12F3N/c1-6-8(7-2-3-15-5-7)4-9(12)11(14)10(6)13/h4,7,15H,2-3,5H2,1H3. The van der Waals surface area contributed by atoms with Crippen LogP contribution in [0.1, 0.15) is 23.5 Å². The predicted octanol–water partition coefficient (Wildman–Crippen LogP) is 2.49. The molecule has 1 aromatic rings. The molecule has 1 heterocycles. The van der Waals surface area contributed by atoms with E-state index in [-0.39, 0.29) is 11.5 Å². The molecule has 1 N–H and O–H groups in total. The van der Waals surface area contributed by atoms with E-state index in [1.165, 1.54) is 6.92 Å². The van der Waals surface area contributed by atoms with Crippen LogP contribution in [0.5, 0.6) is 0 Å². The van der Waals surface area contributed by atoms with E-state index in [9.17, 15) is 13.2 Å². The number of halogens is 3. The van der Waals surface area contributed by atoms with Crippen molar-refractivity contribution in [3.63, 3.8) is 0 Å². The van der Waals surface area contributed by atoms with Crippen LogP contribution in [-0.2, 0) is 0 Å². The highest BCUT2D eigenvalue weighted by Gasteiger charge is 2.23. The molecule has 1 aliphatic heterocycles. The molecule has 2 rings (SSSR count). The van der Waals surface area contributed by atoms with Crippen molar-refractivity contribution in [3.05, 3.63) is 34.6 Å². The van der Waals surface area contributed by atoms with Crippen LogP contribution >= 0.6 is 0 Å². The average Bonchev–Trinajstić information content (AvgIpc) is 2.73. The van der Waals surface area contributed by atoms with Gasteiger partial charge in [0.2, 0.25) is 0 Å². The van der Waals surface area contributed by atoms with Crippen LogP contribution in [0.3, 0.4) is 0 Å². The third kappa shape index (κ3) is 1.74. The summed E-state index contributed by atoms with van der Waals surface area (Å²) in [6, 6.07) is 1.12. The summed E-state index contributed by atoms with van der Waals surface area (Å²) in [4.78, 5) is 0. The molecule has 0 amide bonds. The van der Waals surface area contributed by atoms with Crippen molar-refractivity contribution in [2.24, 2.45) is 0 Å². The summed E-state index contributed by atoms with van der Waals surface area (Å²) in [6.45, 7) is 3.03. The summed E-state index contributed by atoms with van der Waals surface area (Å²) in [7, 11) is 0. The molecule has 82 valence electrons. The van der Waals surface area contributed by atoms with Crippen LogP contribution in [0.25, 0.3) is 0 Å². The predicted molar refractivity (Wildman–Crippen MR) is 51.3 cm³/mol. The Hall–Kier alpha value is -1.03. The molecule has 0 aromatic heterocycles. The lowest BCUT2D eigenvalue weighted by Crippen LogP contribution is -2.10. The highest BCUT2D eigenvalue weighted by molar-refractivity contribution is 5.33. The van der Waals surface area contributed by atoms with Gasteiger partial charge < -0.3 is 5.32 Å². The summed E-state index contributed by atoms with van der Waals surface area (Å²) >= 11 is 0. The molecule has 0 aliphatic carbocycles. The van der Waals surface area contributed by atoms with Crippen molar-refractivity contribution in [2.45, 2.75) is 19.3 Å². The van der Waals surface area contributed by atoms with E-state index in [0.717, 1.165) is 19.0 Å². The van der Waals surface area contributed by atoms with Gasteiger partial charge in [-0.2, -0.15) is 0 Å². The van der Waals surface area contributed by atoms with Gasteiger partial charge >= 0.3 is 0 Å². The van der Waals surface area contributed by atoms with Gasteiger partial charge in [-0.25, -0.2) is 13.2 Å². The highest BCUT2D eigenvalue weighted by atomic mass is 19.2.